The lowest BCUT2D eigenvalue weighted by atomic mass is 10.1. The number of alkyl halides is 1. The highest BCUT2D eigenvalue weighted by molar-refractivity contribution is 7.21. The number of thiazole rings is 1. The first-order valence-electron chi connectivity index (χ1n) is 10.2. The number of anilines is 1. The molecule has 0 bridgehead atoms. The number of carbonyl (C=O) groups excluding carboxylic acids is 1. The van der Waals surface area contributed by atoms with Gasteiger partial charge in [-0.25, -0.2) is 14.4 Å². The molecule has 7 nitrogen and oxygen atoms in total. The fraction of sp³-hybridized carbons (Fsp3) is 0.429. The van der Waals surface area contributed by atoms with Crippen LogP contribution in [0.15, 0.2) is 35.1 Å². The molecule has 9 heteroatoms. The Hall–Kier alpha value is -2.81. The van der Waals surface area contributed by atoms with Gasteiger partial charge in [-0.3, -0.25) is 9.59 Å². The van der Waals surface area contributed by atoms with Crippen molar-refractivity contribution in [3.05, 3.63) is 52.1 Å². The molecule has 2 fully saturated rings. The molecule has 5 rings (SSSR count). The molecule has 156 valence electrons. The average Bonchev–Trinajstić information content (AvgIpc) is 3.20. The summed E-state index contributed by atoms with van der Waals surface area (Å²) >= 11 is 1.29. The van der Waals surface area contributed by atoms with Crippen molar-refractivity contribution in [3.8, 4) is 0 Å². The van der Waals surface area contributed by atoms with Crippen molar-refractivity contribution in [3.63, 3.8) is 0 Å². The van der Waals surface area contributed by atoms with Gasteiger partial charge in [0, 0.05) is 13.1 Å². The summed E-state index contributed by atoms with van der Waals surface area (Å²) in [4.78, 5) is 39.5. The molecule has 1 saturated carbocycles. The first-order chi connectivity index (χ1) is 14.6. The summed E-state index contributed by atoms with van der Waals surface area (Å²) < 4.78 is 13.4. The van der Waals surface area contributed by atoms with Crippen molar-refractivity contribution in [2.75, 3.05) is 18.1 Å². The van der Waals surface area contributed by atoms with E-state index in [1.807, 2.05) is 35.2 Å². The van der Waals surface area contributed by atoms with Crippen molar-refractivity contribution in [2.24, 2.45) is 0 Å². The molecule has 1 atom stereocenters. The number of H-pyrrole nitrogens is 1. The maximum absolute atomic E-state index is 13.4. The highest BCUT2D eigenvalue weighted by Gasteiger charge is 2.47. The molecular formula is C21H22FN5O2S. The van der Waals surface area contributed by atoms with Gasteiger partial charge in [0.1, 0.15) is 18.5 Å². The van der Waals surface area contributed by atoms with Gasteiger partial charge in [0.25, 0.3) is 5.56 Å². The fourth-order valence-electron chi connectivity index (χ4n) is 3.95. The molecule has 0 spiro atoms. The first kappa shape index (κ1) is 19.2. The molecule has 0 radical (unpaired) electrons. The molecule has 3 heterocycles. The molecule has 2 aliphatic rings. The SMILES string of the molecule is O=C(NCc1ccccc1)C1CCCN1c1nc2c(=O)[nH]c(C3(CF)CC3)nc2s1. The molecule has 1 aliphatic heterocycles. The van der Waals surface area contributed by atoms with E-state index in [0.29, 0.717) is 41.7 Å². The number of aromatic nitrogens is 3. The van der Waals surface area contributed by atoms with Crippen LogP contribution in [-0.4, -0.2) is 40.1 Å². The number of aromatic amines is 1. The number of hydrogen-bond donors (Lipinski definition) is 2. The zero-order valence-corrected chi connectivity index (χ0v) is 17.2. The van der Waals surface area contributed by atoms with Crippen LogP contribution in [0.5, 0.6) is 0 Å². The van der Waals surface area contributed by atoms with E-state index in [0.717, 1.165) is 18.4 Å². The molecule has 1 aliphatic carbocycles. The maximum atomic E-state index is 13.4. The highest BCUT2D eigenvalue weighted by atomic mass is 32.1. The van der Waals surface area contributed by atoms with Crippen LogP contribution >= 0.6 is 11.3 Å². The topological polar surface area (TPSA) is 91.0 Å². The number of amides is 1. The van der Waals surface area contributed by atoms with Crippen molar-refractivity contribution < 1.29 is 9.18 Å². The van der Waals surface area contributed by atoms with Gasteiger partial charge in [-0.1, -0.05) is 41.7 Å². The predicted molar refractivity (Wildman–Crippen MR) is 114 cm³/mol. The minimum atomic E-state index is -0.634. The third-order valence-electron chi connectivity index (χ3n) is 5.98. The lowest BCUT2D eigenvalue weighted by Gasteiger charge is -2.23. The summed E-state index contributed by atoms with van der Waals surface area (Å²) in [6, 6.07) is 9.44. The number of fused-ring (bicyclic) bond motifs is 1. The van der Waals surface area contributed by atoms with Crippen LogP contribution in [0.25, 0.3) is 10.3 Å². The number of nitrogens with one attached hydrogen (secondary N) is 2. The van der Waals surface area contributed by atoms with Crippen LogP contribution < -0.4 is 15.8 Å². The Kier molecular flexibility index (Phi) is 4.77. The Morgan fingerprint density at radius 1 is 1.30 bits per heavy atom. The molecular weight excluding hydrogens is 405 g/mol. The second-order valence-electron chi connectivity index (χ2n) is 8.03. The van der Waals surface area contributed by atoms with E-state index in [-0.39, 0.29) is 23.0 Å². The van der Waals surface area contributed by atoms with E-state index < -0.39 is 12.1 Å². The number of nitrogens with zero attached hydrogens (tertiary/aromatic N) is 3. The van der Waals surface area contributed by atoms with E-state index in [9.17, 15) is 14.0 Å². The molecule has 1 unspecified atom stereocenters. The summed E-state index contributed by atoms with van der Waals surface area (Å²) in [7, 11) is 0. The number of halogens is 1. The van der Waals surface area contributed by atoms with E-state index in [4.69, 9.17) is 0 Å². The molecule has 30 heavy (non-hydrogen) atoms. The molecule has 1 saturated heterocycles. The number of hydrogen-bond acceptors (Lipinski definition) is 6. The average molecular weight is 428 g/mol. The summed E-state index contributed by atoms with van der Waals surface area (Å²) in [5, 5.41) is 3.62. The molecule has 2 aromatic heterocycles. The standard InChI is InChI=1S/C21H22FN5O2S/c22-12-21(8-9-21)19-25-17(29)15-18(26-19)30-20(24-15)27-10-4-7-14(27)16(28)23-11-13-5-2-1-3-6-13/h1-3,5-6,14H,4,7-12H2,(H,23,28)(H,25,26,29). The fourth-order valence-corrected chi connectivity index (χ4v) is 4.97. The minimum Gasteiger partial charge on any atom is -0.350 e. The van der Waals surface area contributed by atoms with Crippen LogP contribution in [0, 0.1) is 0 Å². The Morgan fingerprint density at radius 3 is 2.83 bits per heavy atom. The van der Waals surface area contributed by atoms with Crippen molar-refractivity contribution in [2.45, 2.75) is 43.7 Å². The number of carbonyl (C=O) groups is 1. The van der Waals surface area contributed by atoms with Crippen molar-refractivity contribution in [1.82, 2.24) is 20.3 Å². The zero-order valence-electron chi connectivity index (χ0n) is 16.4. The second-order valence-corrected chi connectivity index (χ2v) is 8.99. The second kappa shape index (κ2) is 7.46. The van der Waals surface area contributed by atoms with Crippen molar-refractivity contribution >= 4 is 32.7 Å². The van der Waals surface area contributed by atoms with Gasteiger partial charge in [-0.2, -0.15) is 0 Å². The largest absolute Gasteiger partial charge is 0.350 e. The van der Waals surface area contributed by atoms with E-state index in [2.05, 4.69) is 20.3 Å². The number of rotatable bonds is 6. The van der Waals surface area contributed by atoms with Gasteiger partial charge in [0.2, 0.25) is 5.91 Å². The van der Waals surface area contributed by atoms with Gasteiger partial charge in [0.15, 0.2) is 15.5 Å². The van der Waals surface area contributed by atoms with Gasteiger partial charge in [-0.15, -0.1) is 0 Å². The summed E-state index contributed by atoms with van der Waals surface area (Å²) in [6.45, 7) is 0.644. The molecule has 1 amide bonds. The Labute approximate surface area is 176 Å². The summed E-state index contributed by atoms with van der Waals surface area (Å²) in [5.74, 6) is 0.365. The van der Waals surface area contributed by atoms with Crippen LogP contribution in [0.2, 0.25) is 0 Å². The van der Waals surface area contributed by atoms with Crippen LogP contribution in [0.1, 0.15) is 37.1 Å². The Bertz CT molecular complexity index is 1140. The van der Waals surface area contributed by atoms with Crippen LogP contribution in [-0.2, 0) is 16.8 Å². The molecule has 2 N–H and O–H groups in total. The maximum Gasteiger partial charge on any atom is 0.278 e. The molecule has 3 aromatic rings. The lowest BCUT2D eigenvalue weighted by molar-refractivity contribution is -0.122. The van der Waals surface area contributed by atoms with E-state index >= 15 is 0 Å². The highest BCUT2D eigenvalue weighted by Crippen LogP contribution is 2.47. The summed E-state index contributed by atoms with van der Waals surface area (Å²) in [6.07, 6.45) is 2.99. The van der Waals surface area contributed by atoms with Gasteiger partial charge < -0.3 is 15.2 Å². The Morgan fingerprint density at radius 2 is 2.10 bits per heavy atom. The Balaban J connectivity index is 1.38. The van der Waals surface area contributed by atoms with Gasteiger partial charge >= 0.3 is 0 Å². The van der Waals surface area contributed by atoms with Crippen molar-refractivity contribution in [1.29, 1.82) is 0 Å². The smallest absolute Gasteiger partial charge is 0.278 e. The van der Waals surface area contributed by atoms with Gasteiger partial charge in [-0.05, 0) is 31.2 Å². The lowest BCUT2D eigenvalue weighted by Crippen LogP contribution is -2.43. The zero-order chi connectivity index (χ0) is 20.7. The van der Waals surface area contributed by atoms with E-state index in [1.165, 1.54) is 11.3 Å². The number of benzene rings is 1. The third kappa shape index (κ3) is 3.36. The van der Waals surface area contributed by atoms with Crippen LogP contribution in [0.4, 0.5) is 9.52 Å². The minimum absolute atomic E-state index is 0.0486. The van der Waals surface area contributed by atoms with Gasteiger partial charge in [0.05, 0.1) is 5.41 Å². The van der Waals surface area contributed by atoms with E-state index in [1.54, 1.807) is 0 Å². The molecule has 1 aromatic carbocycles. The first-order valence-corrected chi connectivity index (χ1v) is 11.0. The monoisotopic (exact) mass is 427 g/mol. The summed E-state index contributed by atoms with van der Waals surface area (Å²) in [5.41, 5.74) is 0.316. The normalized spacial score (nSPS) is 19.9. The van der Waals surface area contributed by atoms with Crippen LogP contribution in [0.3, 0.4) is 0 Å². The third-order valence-corrected chi connectivity index (χ3v) is 6.97. The predicted octanol–water partition coefficient (Wildman–Crippen LogP) is 2.67. The quantitative estimate of drug-likeness (QED) is 0.631.